The van der Waals surface area contributed by atoms with Crippen molar-refractivity contribution in [3.63, 3.8) is 0 Å². The molecule has 22 heavy (non-hydrogen) atoms. The molecule has 2 aliphatic carbocycles. The molecule has 0 atom stereocenters. The second-order valence-electron chi connectivity index (χ2n) is 6.60. The number of carboxylic acids is 1. The molecule has 3 rings (SSSR count). The van der Waals surface area contributed by atoms with Crippen LogP contribution in [0.4, 0.5) is 0 Å². The number of hydrogen-bond donors (Lipinski definition) is 2. The minimum atomic E-state index is -0.712. The van der Waals surface area contributed by atoms with E-state index in [4.69, 9.17) is 16.7 Å². The molecule has 120 valence electrons. The van der Waals surface area contributed by atoms with Crippen molar-refractivity contribution in [2.24, 2.45) is 5.92 Å². The van der Waals surface area contributed by atoms with Crippen LogP contribution in [0.1, 0.15) is 31.2 Å². The summed E-state index contributed by atoms with van der Waals surface area (Å²) >= 11 is 5.99. The Labute approximate surface area is 136 Å². The van der Waals surface area contributed by atoms with Gasteiger partial charge in [-0.15, -0.1) is 0 Å². The lowest BCUT2D eigenvalue weighted by molar-refractivity contribution is -0.139. The molecule has 4 nitrogen and oxygen atoms in total. The number of hydrogen-bond acceptors (Lipinski definition) is 3. The Morgan fingerprint density at radius 2 is 2.14 bits per heavy atom. The van der Waals surface area contributed by atoms with E-state index in [-0.39, 0.29) is 6.54 Å². The molecule has 2 aliphatic rings. The standard InChI is InChI=1S/C17H23ClN2O2/c18-14-3-1-2-13(6-14)9-19-15-7-16(8-15)20(11-17(21)22)10-12-4-5-12/h1-3,6,12,15-16,19H,4-5,7-11H2,(H,21,22). The van der Waals surface area contributed by atoms with Crippen LogP contribution < -0.4 is 5.32 Å². The normalized spacial score (nSPS) is 24.3. The maximum atomic E-state index is 11.0. The fourth-order valence-corrected chi connectivity index (χ4v) is 3.32. The van der Waals surface area contributed by atoms with Crippen LogP contribution in [-0.2, 0) is 11.3 Å². The molecule has 0 radical (unpaired) electrons. The zero-order valence-corrected chi connectivity index (χ0v) is 13.4. The van der Waals surface area contributed by atoms with E-state index in [1.807, 2.05) is 18.2 Å². The summed E-state index contributed by atoms with van der Waals surface area (Å²) in [6, 6.07) is 8.81. The van der Waals surface area contributed by atoms with Crippen LogP contribution in [0, 0.1) is 5.92 Å². The van der Waals surface area contributed by atoms with Gasteiger partial charge in [-0.2, -0.15) is 0 Å². The zero-order chi connectivity index (χ0) is 15.5. The van der Waals surface area contributed by atoms with Crippen molar-refractivity contribution in [1.82, 2.24) is 10.2 Å². The molecule has 2 saturated carbocycles. The van der Waals surface area contributed by atoms with Gasteiger partial charge in [0.15, 0.2) is 0 Å². The summed E-state index contributed by atoms with van der Waals surface area (Å²) < 4.78 is 0. The van der Waals surface area contributed by atoms with Gasteiger partial charge in [-0.3, -0.25) is 9.69 Å². The van der Waals surface area contributed by atoms with Crippen molar-refractivity contribution in [2.75, 3.05) is 13.1 Å². The smallest absolute Gasteiger partial charge is 0.317 e. The number of carbonyl (C=O) groups is 1. The molecule has 0 aliphatic heterocycles. The second-order valence-corrected chi connectivity index (χ2v) is 7.04. The van der Waals surface area contributed by atoms with Crippen LogP contribution in [-0.4, -0.2) is 41.1 Å². The first kappa shape index (κ1) is 15.8. The van der Waals surface area contributed by atoms with Crippen molar-refractivity contribution in [2.45, 2.75) is 44.3 Å². The number of aliphatic carboxylic acids is 1. The molecule has 0 saturated heterocycles. The first-order chi connectivity index (χ1) is 10.6. The Balaban J connectivity index is 1.42. The minimum absolute atomic E-state index is 0.183. The first-order valence-corrected chi connectivity index (χ1v) is 8.41. The highest BCUT2D eigenvalue weighted by atomic mass is 35.5. The van der Waals surface area contributed by atoms with Crippen LogP contribution in [0.25, 0.3) is 0 Å². The van der Waals surface area contributed by atoms with E-state index in [0.29, 0.717) is 12.1 Å². The number of nitrogens with zero attached hydrogens (tertiary/aromatic N) is 1. The van der Waals surface area contributed by atoms with Crippen LogP contribution in [0.5, 0.6) is 0 Å². The van der Waals surface area contributed by atoms with E-state index in [2.05, 4.69) is 16.3 Å². The minimum Gasteiger partial charge on any atom is -0.480 e. The Hall–Kier alpha value is -1.10. The molecular weight excluding hydrogens is 300 g/mol. The maximum Gasteiger partial charge on any atom is 0.317 e. The fraction of sp³-hybridized carbons (Fsp3) is 0.588. The van der Waals surface area contributed by atoms with E-state index in [0.717, 1.165) is 36.9 Å². The van der Waals surface area contributed by atoms with Crippen LogP contribution >= 0.6 is 11.6 Å². The van der Waals surface area contributed by atoms with Gasteiger partial charge in [-0.25, -0.2) is 0 Å². The Morgan fingerprint density at radius 1 is 1.36 bits per heavy atom. The lowest BCUT2D eigenvalue weighted by atomic mass is 9.85. The summed E-state index contributed by atoms with van der Waals surface area (Å²) in [7, 11) is 0. The predicted molar refractivity (Wildman–Crippen MR) is 87.0 cm³/mol. The number of rotatable bonds is 8. The molecule has 0 heterocycles. The highest BCUT2D eigenvalue weighted by Gasteiger charge is 2.36. The predicted octanol–water partition coefficient (Wildman–Crippen LogP) is 2.76. The van der Waals surface area contributed by atoms with Crippen molar-refractivity contribution in [3.8, 4) is 0 Å². The summed E-state index contributed by atoms with van der Waals surface area (Å²) in [6.07, 6.45) is 4.61. The van der Waals surface area contributed by atoms with Gasteiger partial charge in [-0.1, -0.05) is 23.7 Å². The SMILES string of the molecule is O=C(O)CN(CC1CC1)C1CC(NCc2cccc(Cl)c2)C1. The third kappa shape index (κ3) is 4.45. The third-order valence-corrected chi connectivity index (χ3v) is 4.88. The van der Waals surface area contributed by atoms with Gasteiger partial charge in [0.05, 0.1) is 6.54 Å². The Bertz CT molecular complexity index is 527. The monoisotopic (exact) mass is 322 g/mol. The topological polar surface area (TPSA) is 52.6 Å². The van der Waals surface area contributed by atoms with Crippen molar-refractivity contribution < 1.29 is 9.90 Å². The van der Waals surface area contributed by atoms with E-state index < -0.39 is 5.97 Å². The number of benzene rings is 1. The first-order valence-electron chi connectivity index (χ1n) is 8.04. The average Bonchev–Trinajstić information content (AvgIpc) is 3.20. The lowest BCUT2D eigenvalue weighted by Gasteiger charge is -2.43. The molecule has 0 bridgehead atoms. The molecule has 2 N–H and O–H groups in total. The summed E-state index contributed by atoms with van der Waals surface area (Å²) in [5, 5.41) is 13.4. The Kier molecular flexibility index (Phi) is 5.01. The summed E-state index contributed by atoms with van der Waals surface area (Å²) in [5.74, 6) is 0.0220. The van der Waals surface area contributed by atoms with Crippen LogP contribution in [0.2, 0.25) is 5.02 Å². The molecular formula is C17H23ClN2O2. The molecule has 1 aromatic carbocycles. The maximum absolute atomic E-state index is 11.0. The van der Waals surface area contributed by atoms with Crippen LogP contribution in [0.3, 0.4) is 0 Å². The number of nitrogens with one attached hydrogen (secondary N) is 1. The van der Waals surface area contributed by atoms with Crippen LogP contribution in [0.15, 0.2) is 24.3 Å². The number of halogens is 1. The van der Waals surface area contributed by atoms with E-state index in [1.54, 1.807) is 0 Å². The van der Waals surface area contributed by atoms with Gasteiger partial charge in [-0.05, 0) is 49.3 Å². The second kappa shape index (κ2) is 6.99. The zero-order valence-electron chi connectivity index (χ0n) is 12.7. The van der Waals surface area contributed by atoms with Crippen molar-refractivity contribution >= 4 is 17.6 Å². The summed E-state index contributed by atoms with van der Waals surface area (Å²) in [5.41, 5.74) is 1.19. The highest BCUT2D eigenvalue weighted by Crippen LogP contribution is 2.33. The largest absolute Gasteiger partial charge is 0.480 e. The molecule has 5 heteroatoms. The van der Waals surface area contributed by atoms with E-state index >= 15 is 0 Å². The fourth-order valence-electron chi connectivity index (χ4n) is 3.11. The van der Waals surface area contributed by atoms with Gasteiger partial charge in [0.1, 0.15) is 0 Å². The lowest BCUT2D eigenvalue weighted by Crippen LogP contribution is -2.54. The molecule has 0 aromatic heterocycles. The summed E-state index contributed by atoms with van der Waals surface area (Å²) in [4.78, 5) is 13.2. The molecule has 0 amide bonds. The van der Waals surface area contributed by atoms with Crippen molar-refractivity contribution in [1.29, 1.82) is 0 Å². The average molecular weight is 323 g/mol. The van der Waals surface area contributed by atoms with Gasteiger partial charge in [0.2, 0.25) is 0 Å². The van der Waals surface area contributed by atoms with Gasteiger partial charge in [0, 0.05) is 30.2 Å². The Morgan fingerprint density at radius 3 is 2.77 bits per heavy atom. The van der Waals surface area contributed by atoms with Gasteiger partial charge < -0.3 is 10.4 Å². The highest BCUT2D eigenvalue weighted by molar-refractivity contribution is 6.30. The molecule has 2 fully saturated rings. The van der Waals surface area contributed by atoms with Crippen molar-refractivity contribution in [3.05, 3.63) is 34.9 Å². The van der Waals surface area contributed by atoms with Gasteiger partial charge >= 0.3 is 5.97 Å². The quantitative estimate of drug-likeness (QED) is 0.772. The summed E-state index contributed by atoms with van der Waals surface area (Å²) in [6.45, 7) is 1.96. The van der Waals surface area contributed by atoms with E-state index in [1.165, 1.54) is 18.4 Å². The molecule has 1 aromatic rings. The number of carboxylic acid groups (broad SMARTS) is 1. The molecule has 0 unspecified atom stereocenters. The third-order valence-electron chi connectivity index (χ3n) is 4.64. The van der Waals surface area contributed by atoms with Gasteiger partial charge in [0.25, 0.3) is 0 Å². The molecule has 0 spiro atoms. The van der Waals surface area contributed by atoms with E-state index in [9.17, 15) is 4.79 Å².